The fourth-order valence-electron chi connectivity index (χ4n) is 1.16. The van der Waals surface area contributed by atoms with E-state index in [1.807, 2.05) is 0 Å². The van der Waals surface area contributed by atoms with Crippen LogP contribution in [0.5, 0.6) is 0 Å². The lowest BCUT2D eigenvalue weighted by atomic mass is 10.3. The zero-order chi connectivity index (χ0) is 7.40. The summed E-state index contributed by atoms with van der Waals surface area (Å²) < 4.78 is 0. The molecule has 0 saturated heterocycles. The van der Waals surface area contributed by atoms with Gasteiger partial charge in [0.25, 0.3) is 0 Å². The smallest absolute Gasteiger partial charge is 0.0356 e. The lowest BCUT2D eigenvalue weighted by molar-refractivity contribution is 0.384. The maximum absolute atomic E-state index is 3.91. The third kappa shape index (κ3) is 1.90. The quantitative estimate of drug-likeness (QED) is 0.501. The number of hydrogen-bond donors (Lipinski definition) is 0. The van der Waals surface area contributed by atoms with E-state index in [2.05, 4.69) is 30.6 Å². The van der Waals surface area contributed by atoms with Crippen molar-refractivity contribution in [2.24, 2.45) is 0 Å². The Morgan fingerprint density at radius 3 is 3.00 bits per heavy atom. The van der Waals surface area contributed by atoms with E-state index in [9.17, 15) is 0 Å². The molecule has 0 bridgehead atoms. The summed E-state index contributed by atoms with van der Waals surface area (Å²) in [5.41, 5.74) is 1.19. The minimum atomic E-state index is 1.05. The molecule has 1 aliphatic heterocycles. The van der Waals surface area contributed by atoms with Crippen LogP contribution >= 0.6 is 0 Å². The molecule has 0 aromatic heterocycles. The van der Waals surface area contributed by atoms with Crippen LogP contribution in [-0.4, -0.2) is 18.0 Å². The summed E-state index contributed by atoms with van der Waals surface area (Å²) >= 11 is 0. The van der Waals surface area contributed by atoms with Gasteiger partial charge in [-0.25, -0.2) is 0 Å². The molecule has 0 spiro atoms. The second-order valence-electron chi connectivity index (χ2n) is 2.79. The van der Waals surface area contributed by atoms with Crippen molar-refractivity contribution in [2.75, 3.05) is 13.1 Å². The van der Waals surface area contributed by atoms with Gasteiger partial charge >= 0.3 is 0 Å². The molecule has 0 radical (unpaired) electrons. The second kappa shape index (κ2) is 3.45. The zero-order valence-corrected chi connectivity index (χ0v) is 6.64. The first-order chi connectivity index (χ1) is 4.80. The Balaban J connectivity index is 2.45. The molecule has 10 heavy (non-hydrogen) atoms. The maximum atomic E-state index is 3.91. The Labute approximate surface area is 63.0 Å². The Kier molecular flexibility index (Phi) is 2.55. The van der Waals surface area contributed by atoms with Crippen LogP contribution in [0, 0.1) is 0 Å². The molecule has 1 rings (SSSR count). The molecular weight excluding hydrogens is 122 g/mol. The molecule has 0 aliphatic carbocycles. The van der Waals surface area contributed by atoms with E-state index in [4.69, 9.17) is 0 Å². The molecule has 0 fully saturated rings. The van der Waals surface area contributed by atoms with Gasteiger partial charge in [-0.15, -0.1) is 0 Å². The molecule has 0 saturated carbocycles. The van der Waals surface area contributed by atoms with Crippen molar-refractivity contribution in [2.45, 2.75) is 19.8 Å². The van der Waals surface area contributed by atoms with Crippen molar-refractivity contribution < 1.29 is 0 Å². The SMILES string of the molecule is C=C(C)N1CC=CCCC1. The van der Waals surface area contributed by atoms with E-state index in [1.165, 1.54) is 25.1 Å². The third-order valence-electron chi connectivity index (χ3n) is 1.83. The highest BCUT2D eigenvalue weighted by Gasteiger charge is 2.02. The van der Waals surface area contributed by atoms with Gasteiger partial charge in [0, 0.05) is 18.8 Å². The molecule has 56 valence electrons. The summed E-state index contributed by atoms with van der Waals surface area (Å²) in [6, 6.07) is 0. The molecule has 1 aliphatic rings. The van der Waals surface area contributed by atoms with Gasteiger partial charge < -0.3 is 4.90 Å². The summed E-state index contributed by atoms with van der Waals surface area (Å²) in [4.78, 5) is 2.31. The summed E-state index contributed by atoms with van der Waals surface area (Å²) in [6.07, 6.45) is 6.97. The summed E-state index contributed by atoms with van der Waals surface area (Å²) in [5.74, 6) is 0. The van der Waals surface area contributed by atoms with E-state index in [0.29, 0.717) is 0 Å². The largest absolute Gasteiger partial charge is 0.372 e. The third-order valence-corrected chi connectivity index (χ3v) is 1.83. The molecule has 1 nitrogen and oxygen atoms in total. The van der Waals surface area contributed by atoms with Crippen molar-refractivity contribution in [3.8, 4) is 0 Å². The van der Waals surface area contributed by atoms with E-state index in [0.717, 1.165) is 6.54 Å². The standard InChI is InChI=1S/C9H15N/c1-9(2)10-7-5-3-4-6-8-10/h3,5H,1,4,6-8H2,2H3. The van der Waals surface area contributed by atoms with Crippen molar-refractivity contribution >= 4 is 0 Å². The van der Waals surface area contributed by atoms with Crippen LogP contribution in [0.1, 0.15) is 19.8 Å². The van der Waals surface area contributed by atoms with Crippen molar-refractivity contribution in [1.29, 1.82) is 0 Å². The van der Waals surface area contributed by atoms with Gasteiger partial charge in [0.05, 0.1) is 0 Å². The van der Waals surface area contributed by atoms with Crippen molar-refractivity contribution in [3.63, 3.8) is 0 Å². The normalized spacial score (nSPS) is 18.7. The number of hydrogen-bond acceptors (Lipinski definition) is 1. The van der Waals surface area contributed by atoms with Crippen LogP contribution in [-0.2, 0) is 0 Å². The van der Waals surface area contributed by atoms with Gasteiger partial charge in [0.15, 0.2) is 0 Å². The molecule has 0 atom stereocenters. The van der Waals surface area contributed by atoms with Crippen LogP contribution in [0.2, 0.25) is 0 Å². The number of allylic oxidation sites excluding steroid dienone is 2. The van der Waals surface area contributed by atoms with Gasteiger partial charge in [-0.3, -0.25) is 0 Å². The first kappa shape index (κ1) is 7.39. The summed E-state index contributed by atoms with van der Waals surface area (Å²) in [7, 11) is 0. The minimum absolute atomic E-state index is 1.05. The average molecular weight is 137 g/mol. The van der Waals surface area contributed by atoms with E-state index < -0.39 is 0 Å². The molecule has 0 amide bonds. The zero-order valence-electron chi connectivity index (χ0n) is 6.64. The monoisotopic (exact) mass is 137 g/mol. The Hall–Kier alpha value is -0.720. The van der Waals surface area contributed by atoms with Crippen LogP contribution in [0.25, 0.3) is 0 Å². The fourth-order valence-corrected chi connectivity index (χ4v) is 1.16. The molecule has 0 N–H and O–H groups in total. The Morgan fingerprint density at radius 2 is 2.30 bits per heavy atom. The molecule has 0 aromatic carbocycles. The van der Waals surface area contributed by atoms with E-state index >= 15 is 0 Å². The minimum Gasteiger partial charge on any atom is -0.372 e. The van der Waals surface area contributed by atoms with Crippen molar-refractivity contribution in [3.05, 3.63) is 24.4 Å². The van der Waals surface area contributed by atoms with Gasteiger partial charge in [-0.1, -0.05) is 18.7 Å². The highest BCUT2D eigenvalue weighted by atomic mass is 15.1. The van der Waals surface area contributed by atoms with Crippen LogP contribution in [0.4, 0.5) is 0 Å². The molecule has 0 aromatic rings. The van der Waals surface area contributed by atoms with Gasteiger partial charge in [0.2, 0.25) is 0 Å². The predicted octanol–water partition coefficient (Wildman–Crippen LogP) is 2.17. The highest BCUT2D eigenvalue weighted by Crippen LogP contribution is 2.07. The second-order valence-corrected chi connectivity index (χ2v) is 2.79. The van der Waals surface area contributed by atoms with Crippen LogP contribution in [0.15, 0.2) is 24.4 Å². The highest BCUT2D eigenvalue weighted by molar-refractivity contribution is 4.97. The first-order valence-corrected chi connectivity index (χ1v) is 3.86. The number of nitrogens with zero attached hydrogens (tertiary/aromatic N) is 1. The van der Waals surface area contributed by atoms with Crippen molar-refractivity contribution in [1.82, 2.24) is 4.90 Å². The van der Waals surface area contributed by atoms with Gasteiger partial charge in [-0.05, 0) is 19.8 Å². The topological polar surface area (TPSA) is 3.24 Å². The average Bonchev–Trinajstić information content (AvgIpc) is 2.12. The maximum Gasteiger partial charge on any atom is 0.0356 e. The molecular formula is C9H15N. The summed E-state index contributed by atoms with van der Waals surface area (Å²) in [5, 5.41) is 0. The fraction of sp³-hybridized carbons (Fsp3) is 0.556. The molecule has 1 heterocycles. The lowest BCUT2D eigenvalue weighted by Crippen LogP contribution is -2.21. The lowest BCUT2D eigenvalue weighted by Gasteiger charge is -2.20. The molecule has 0 unspecified atom stereocenters. The van der Waals surface area contributed by atoms with Gasteiger partial charge in [-0.2, -0.15) is 0 Å². The first-order valence-electron chi connectivity index (χ1n) is 3.86. The number of rotatable bonds is 1. The summed E-state index contributed by atoms with van der Waals surface area (Å²) in [6.45, 7) is 8.20. The predicted molar refractivity (Wildman–Crippen MR) is 44.8 cm³/mol. The van der Waals surface area contributed by atoms with E-state index in [-0.39, 0.29) is 0 Å². The van der Waals surface area contributed by atoms with Gasteiger partial charge in [0.1, 0.15) is 0 Å². The van der Waals surface area contributed by atoms with Crippen LogP contribution in [0.3, 0.4) is 0 Å². The Bertz CT molecular complexity index is 147. The van der Waals surface area contributed by atoms with Crippen LogP contribution < -0.4 is 0 Å². The van der Waals surface area contributed by atoms with E-state index in [1.54, 1.807) is 0 Å². The molecule has 1 heteroatoms. The Morgan fingerprint density at radius 1 is 1.50 bits per heavy atom.